The van der Waals surface area contributed by atoms with E-state index in [1.165, 1.54) is 22.1 Å². The Hall–Kier alpha value is -2.44. The topological polar surface area (TPSA) is 38.4 Å². The number of amides is 1. The summed E-state index contributed by atoms with van der Waals surface area (Å²) in [6.45, 7) is 6.73. The van der Waals surface area contributed by atoms with Crippen LogP contribution in [0.5, 0.6) is 5.75 Å². The number of hydrogen-bond donors (Lipinski definition) is 2. The summed E-state index contributed by atoms with van der Waals surface area (Å²) < 4.78 is 19.4. The number of likely N-dealkylation sites (N-methyl/N-ethyl adjacent to an activating group) is 1. The zero-order valence-corrected chi connectivity index (χ0v) is 17.0. The number of benzene rings is 2. The molecule has 2 aliphatic heterocycles. The van der Waals surface area contributed by atoms with E-state index in [-0.39, 0.29) is 11.7 Å². The number of ether oxygens (including phenoxy) is 1. The third-order valence-corrected chi connectivity index (χ3v) is 6.06. The first-order valence-corrected chi connectivity index (χ1v) is 10.5. The summed E-state index contributed by atoms with van der Waals surface area (Å²) in [6, 6.07) is 13.2. The number of nitrogens with zero attached hydrogens (tertiary/aromatic N) is 1. The summed E-state index contributed by atoms with van der Waals surface area (Å²) in [7, 11) is 1.76. The van der Waals surface area contributed by atoms with E-state index in [1.54, 1.807) is 35.0 Å². The molecule has 0 atom stereocenters. The summed E-state index contributed by atoms with van der Waals surface area (Å²) in [5.41, 5.74) is 3.26. The fourth-order valence-corrected chi connectivity index (χ4v) is 4.27. The first kappa shape index (κ1) is 19.9. The number of hydrogen-bond acceptors (Lipinski definition) is 2. The minimum atomic E-state index is -0.255. The molecule has 1 amide bonds. The van der Waals surface area contributed by atoms with Gasteiger partial charge in [0.2, 0.25) is 0 Å². The molecule has 0 saturated carbocycles. The lowest BCUT2D eigenvalue weighted by Crippen LogP contribution is -3.28. The van der Waals surface area contributed by atoms with Gasteiger partial charge in [-0.2, -0.15) is 0 Å². The van der Waals surface area contributed by atoms with E-state index in [4.69, 9.17) is 4.74 Å². The van der Waals surface area contributed by atoms with Crippen molar-refractivity contribution in [2.24, 2.45) is 0 Å². The van der Waals surface area contributed by atoms with E-state index in [2.05, 4.69) is 18.2 Å². The predicted octanol–water partition coefficient (Wildman–Crippen LogP) is -0.297. The van der Waals surface area contributed by atoms with Crippen molar-refractivity contribution >= 4 is 5.91 Å². The van der Waals surface area contributed by atoms with E-state index in [0.29, 0.717) is 18.7 Å². The summed E-state index contributed by atoms with van der Waals surface area (Å²) in [6.07, 6.45) is 1.01. The molecular formula is C23H30FN3O2+2. The summed E-state index contributed by atoms with van der Waals surface area (Å²) in [5, 5.41) is 0. The number of rotatable bonds is 6. The van der Waals surface area contributed by atoms with Gasteiger partial charge >= 0.3 is 0 Å². The van der Waals surface area contributed by atoms with Gasteiger partial charge in [0.05, 0.1) is 6.61 Å². The first-order valence-electron chi connectivity index (χ1n) is 10.5. The highest BCUT2D eigenvalue weighted by Crippen LogP contribution is 2.25. The Morgan fingerprint density at radius 3 is 2.66 bits per heavy atom. The van der Waals surface area contributed by atoms with Crippen molar-refractivity contribution in [2.75, 3.05) is 46.4 Å². The van der Waals surface area contributed by atoms with Crippen LogP contribution in [-0.4, -0.2) is 57.2 Å². The molecule has 154 valence electrons. The normalized spacial score (nSPS) is 20.8. The maximum atomic E-state index is 13.8. The fraction of sp³-hybridized carbons (Fsp3) is 0.435. The molecule has 5 nitrogen and oxygen atoms in total. The molecule has 2 N–H and O–H groups in total. The molecule has 2 heterocycles. The number of nitrogens with one attached hydrogen (secondary N) is 2. The van der Waals surface area contributed by atoms with Gasteiger partial charge in [0, 0.05) is 31.1 Å². The Morgan fingerprint density at radius 2 is 1.86 bits per heavy atom. The van der Waals surface area contributed by atoms with E-state index in [0.717, 1.165) is 51.5 Å². The van der Waals surface area contributed by atoms with Crippen LogP contribution in [0.1, 0.15) is 16.7 Å². The molecule has 0 aliphatic carbocycles. The molecule has 2 aromatic carbocycles. The minimum Gasteiger partial charge on any atom is -0.493 e. The van der Waals surface area contributed by atoms with Crippen LogP contribution in [0.3, 0.4) is 0 Å². The lowest BCUT2D eigenvalue weighted by Gasteiger charge is -2.30. The first-order chi connectivity index (χ1) is 14.1. The molecule has 0 aromatic heterocycles. The monoisotopic (exact) mass is 399 g/mol. The molecule has 0 unspecified atom stereocenters. The Morgan fingerprint density at radius 1 is 1.10 bits per heavy atom. The number of carbonyl (C=O) groups is 1. The molecule has 29 heavy (non-hydrogen) atoms. The standard InChI is InChI=1S/C23H28FN3O2/c1-25(16-20-4-2-3-5-21(20)24)23(28)17-27-11-9-26(10-12-27)15-18-6-7-22-19(14-18)8-13-29-22/h2-7,14H,8-13,15-17H2,1H3/p+2. The Balaban J connectivity index is 1.23. The molecule has 4 rings (SSSR count). The van der Waals surface area contributed by atoms with Crippen LogP contribution in [-0.2, 0) is 24.3 Å². The molecule has 2 aromatic rings. The quantitative estimate of drug-likeness (QED) is 0.700. The molecular weight excluding hydrogens is 369 g/mol. The second-order valence-electron chi connectivity index (χ2n) is 8.24. The minimum absolute atomic E-state index is 0.0744. The largest absolute Gasteiger partial charge is 0.493 e. The van der Waals surface area contributed by atoms with Gasteiger partial charge in [-0.1, -0.05) is 18.2 Å². The van der Waals surface area contributed by atoms with Gasteiger partial charge in [0.25, 0.3) is 5.91 Å². The van der Waals surface area contributed by atoms with Gasteiger partial charge in [-0.15, -0.1) is 0 Å². The smallest absolute Gasteiger partial charge is 0.277 e. The van der Waals surface area contributed by atoms with Gasteiger partial charge in [-0.05, 0) is 29.8 Å². The van der Waals surface area contributed by atoms with Crippen LogP contribution in [0.4, 0.5) is 4.39 Å². The molecule has 1 saturated heterocycles. The number of quaternary nitrogens is 2. The fourth-order valence-electron chi connectivity index (χ4n) is 4.27. The van der Waals surface area contributed by atoms with Gasteiger partial charge in [-0.3, -0.25) is 4.79 Å². The average molecular weight is 400 g/mol. The Labute approximate surface area is 171 Å². The summed E-state index contributed by atoms with van der Waals surface area (Å²) in [5.74, 6) is 0.858. The molecule has 1 fully saturated rings. The maximum Gasteiger partial charge on any atom is 0.277 e. The SMILES string of the molecule is CN(Cc1ccccc1F)C(=O)C[NH+]1CC[NH+](Cc2ccc3c(c2)CCO3)CC1. The lowest BCUT2D eigenvalue weighted by molar-refractivity contribution is -1.02. The molecule has 6 heteroatoms. The summed E-state index contributed by atoms with van der Waals surface area (Å²) in [4.78, 5) is 17.1. The summed E-state index contributed by atoms with van der Waals surface area (Å²) >= 11 is 0. The van der Waals surface area contributed by atoms with Crippen molar-refractivity contribution in [1.29, 1.82) is 0 Å². The number of fused-ring (bicyclic) bond motifs is 1. The molecule has 2 aliphatic rings. The highest BCUT2D eigenvalue weighted by Gasteiger charge is 2.26. The van der Waals surface area contributed by atoms with Crippen molar-refractivity contribution in [1.82, 2.24) is 4.90 Å². The van der Waals surface area contributed by atoms with E-state index in [9.17, 15) is 9.18 Å². The van der Waals surface area contributed by atoms with Crippen LogP contribution in [0.25, 0.3) is 0 Å². The average Bonchev–Trinajstić information content (AvgIpc) is 3.19. The van der Waals surface area contributed by atoms with Crippen molar-refractivity contribution < 1.29 is 23.7 Å². The zero-order valence-electron chi connectivity index (χ0n) is 17.0. The highest BCUT2D eigenvalue weighted by molar-refractivity contribution is 5.76. The van der Waals surface area contributed by atoms with Crippen molar-refractivity contribution in [3.8, 4) is 5.75 Å². The highest BCUT2D eigenvalue weighted by atomic mass is 19.1. The molecule has 0 radical (unpaired) electrons. The maximum absolute atomic E-state index is 13.8. The van der Waals surface area contributed by atoms with Crippen LogP contribution in [0, 0.1) is 5.82 Å². The van der Waals surface area contributed by atoms with Gasteiger partial charge < -0.3 is 19.4 Å². The van der Waals surface area contributed by atoms with Gasteiger partial charge in [-0.25, -0.2) is 4.39 Å². The van der Waals surface area contributed by atoms with Crippen molar-refractivity contribution in [2.45, 2.75) is 19.5 Å². The van der Waals surface area contributed by atoms with E-state index >= 15 is 0 Å². The van der Waals surface area contributed by atoms with Crippen LogP contribution >= 0.6 is 0 Å². The predicted molar refractivity (Wildman–Crippen MR) is 108 cm³/mol. The van der Waals surface area contributed by atoms with Crippen LogP contribution in [0.15, 0.2) is 42.5 Å². The Bertz CT molecular complexity index is 865. The van der Waals surface area contributed by atoms with Crippen molar-refractivity contribution in [3.63, 3.8) is 0 Å². The van der Waals surface area contributed by atoms with Crippen LogP contribution < -0.4 is 14.5 Å². The van der Waals surface area contributed by atoms with Gasteiger partial charge in [0.15, 0.2) is 6.54 Å². The third-order valence-electron chi connectivity index (χ3n) is 6.06. The number of halogens is 1. The zero-order chi connectivity index (χ0) is 20.2. The molecule has 0 bridgehead atoms. The second kappa shape index (κ2) is 8.93. The van der Waals surface area contributed by atoms with Crippen LogP contribution in [0.2, 0.25) is 0 Å². The van der Waals surface area contributed by atoms with E-state index in [1.807, 2.05) is 0 Å². The van der Waals surface area contributed by atoms with E-state index < -0.39 is 0 Å². The lowest BCUT2D eigenvalue weighted by atomic mass is 10.1. The number of piperazine rings is 1. The van der Waals surface area contributed by atoms with Gasteiger partial charge in [0.1, 0.15) is 44.3 Å². The van der Waals surface area contributed by atoms with Crippen molar-refractivity contribution in [3.05, 3.63) is 65.0 Å². The second-order valence-corrected chi connectivity index (χ2v) is 8.24. The number of carbonyl (C=O) groups excluding carboxylic acids is 1. The third kappa shape index (κ3) is 4.95. The molecule has 0 spiro atoms. The Kier molecular flexibility index (Phi) is 6.11.